The predicted molar refractivity (Wildman–Crippen MR) is 96.6 cm³/mol. The Labute approximate surface area is 145 Å². The standard InChI is InChI=1S/C19H18ClNOS/c1-21-7-4-12(5-8-21)19-15-6-9-23-18(15)11-17(22)14-3-2-13(20)10-16(14)19/h2-3,6,9-10H,4-5,7-8,11H2,1H3. The zero-order valence-corrected chi connectivity index (χ0v) is 14.6. The van der Waals surface area contributed by atoms with E-state index < -0.39 is 0 Å². The lowest BCUT2D eigenvalue weighted by Gasteiger charge is -2.27. The van der Waals surface area contributed by atoms with Gasteiger partial charge in [0.05, 0.1) is 0 Å². The summed E-state index contributed by atoms with van der Waals surface area (Å²) in [4.78, 5) is 16.2. The van der Waals surface area contributed by atoms with Crippen LogP contribution in [0.1, 0.15) is 39.2 Å². The van der Waals surface area contributed by atoms with Crippen molar-refractivity contribution in [2.75, 3.05) is 20.1 Å². The molecule has 2 heterocycles. The van der Waals surface area contributed by atoms with E-state index in [0.29, 0.717) is 11.4 Å². The Hall–Kier alpha value is -1.42. The van der Waals surface area contributed by atoms with Crippen LogP contribution in [-0.4, -0.2) is 30.8 Å². The Bertz CT molecular complexity index is 811. The van der Waals surface area contributed by atoms with E-state index >= 15 is 0 Å². The van der Waals surface area contributed by atoms with Crippen LogP contribution in [0.5, 0.6) is 0 Å². The Morgan fingerprint density at radius 1 is 1.09 bits per heavy atom. The van der Waals surface area contributed by atoms with Gasteiger partial charge in [-0.1, -0.05) is 17.2 Å². The van der Waals surface area contributed by atoms with Gasteiger partial charge in [0, 0.05) is 35.0 Å². The lowest BCUT2D eigenvalue weighted by Crippen LogP contribution is -2.27. The lowest BCUT2D eigenvalue weighted by atomic mass is 9.87. The zero-order chi connectivity index (χ0) is 16.0. The Morgan fingerprint density at radius 2 is 1.87 bits per heavy atom. The van der Waals surface area contributed by atoms with Gasteiger partial charge in [-0.3, -0.25) is 4.79 Å². The maximum absolute atomic E-state index is 12.7. The van der Waals surface area contributed by atoms with Crippen LogP contribution in [0.3, 0.4) is 0 Å². The average molecular weight is 344 g/mol. The smallest absolute Gasteiger partial charge is 0.168 e. The molecule has 0 N–H and O–H groups in total. The Balaban J connectivity index is 1.98. The molecule has 2 aliphatic rings. The summed E-state index contributed by atoms with van der Waals surface area (Å²) in [5.41, 5.74) is 5.81. The van der Waals surface area contributed by atoms with Crippen LogP contribution in [0.4, 0.5) is 0 Å². The largest absolute Gasteiger partial charge is 0.306 e. The number of piperidine rings is 1. The first-order chi connectivity index (χ1) is 11.1. The summed E-state index contributed by atoms with van der Waals surface area (Å²) in [5, 5.41) is 2.80. The molecule has 0 saturated carbocycles. The number of hydrogen-bond acceptors (Lipinski definition) is 3. The summed E-state index contributed by atoms with van der Waals surface area (Å²) in [5.74, 6) is 0.198. The molecule has 1 aromatic heterocycles. The first kappa shape index (κ1) is 15.1. The molecule has 4 rings (SSSR count). The number of thiophene rings is 1. The van der Waals surface area contributed by atoms with Gasteiger partial charge in [-0.05, 0) is 66.2 Å². The second-order valence-corrected chi connectivity index (χ2v) is 7.77. The maximum atomic E-state index is 12.7. The van der Waals surface area contributed by atoms with Crippen LogP contribution in [0, 0.1) is 0 Å². The average Bonchev–Trinajstić information content (AvgIpc) is 2.93. The highest BCUT2D eigenvalue weighted by Crippen LogP contribution is 2.41. The molecule has 0 spiro atoms. The molecule has 2 aromatic rings. The van der Waals surface area contributed by atoms with Crippen molar-refractivity contribution in [2.45, 2.75) is 19.3 Å². The van der Waals surface area contributed by atoms with E-state index in [0.717, 1.165) is 37.1 Å². The second kappa shape index (κ2) is 5.90. The fraction of sp³-hybridized carbons (Fsp3) is 0.316. The number of Topliss-reactive ketones (excluding diaryl/α,β-unsaturated/α-hetero) is 1. The van der Waals surface area contributed by atoms with Crippen molar-refractivity contribution < 1.29 is 4.79 Å². The second-order valence-electron chi connectivity index (χ2n) is 6.33. The van der Waals surface area contributed by atoms with Gasteiger partial charge in [0.25, 0.3) is 0 Å². The van der Waals surface area contributed by atoms with Gasteiger partial charge in [-0.25, -0.2) is 0 Å². The van der Waals surface area contributed by atoms with Crippen molar-refractivity contribution in [2.24, 2.45) is 0 Å². The minimum Gasteiger partial charge on any atom is -0.306 e. The third-order valence-electron chi connectivity index (χ3n) is 4.83. The Kier molecular flexibility index (Phi) is 3.88. The number of fused-ring (bicyclic) bond motifs is 2. The number of rotatable bonds is 0. The summed E-state index contributed by atoms with van der Waals surface area (Å²) in [6.45, 7) is 2.14. The molecule has 1 aliphatic heterocycles. The minimum atomic E-state index is 0.198. The van der Waals surface area contributed by atoms with E-state index in [1.54, 1.807) is 11.3 Å². The molecule has 2 nitrogen and oxygen atoms in total. The topological polar surface area (TPSA) is 20.3 Å². The molecule has 1 aromatic carbocycles. The first-order valence-electron chi connectivity index (χ1n) is 7.94. The van der Waals surface area contributed by atoms with E-state index in [2.05, 4.69) is 23.4 Å². The number of hydrogen-bond donors (Lipinski definition) is 0. The van der Waals surface area contributed by atoms with Crippen molar-refractivity contribution in [3.05, 3.63) is 61.8 Å². The zero-order valence-electron chi connectivity index (χ0n) is 13.1. The summed E-state index contributed by atoms with van der Waals surface area (Å²) in [6.07, 6.45) is 2.61. The summed E-state index contributed by atoms with van der Waals surface area (Å²) in [6, 6.07) is 7.87. The SMILES string of the molecule is CN1CCC(=C2c3cc(Cl)ccc3C(=O)Cc3sccc32)CC1. The van der Waals surface area contributed by atoms with Crippen molar-refractivity contribution in [3.8, 4) is 0 Å². The summed E-state index contributed by atoms with van der Waals surface area (Å²) in [7, 11) is 2.17. The van der Waals surface area contributed by atoms with E-state index in [-0.39, 0.29) is 5.78 Å². The molecular weight excluding hydrogens is 326 g/mol. The molecule has 23 heavy (non-hydrogen) atoms. The van der Waals surface area contributed by atoms with Crippen molar-refractivity contribution in [3.63, 3.8) is 0 Å². The maximum Gasteiger partial charge on any atom is 0.168 e. The molecule has 0 unspecified atom stereocenters. The van der Waals surface area contributed by atoms with Crippen LogP contribution in [0.25, 0.3) is 5.57 Å². The Morgan fingerprint density at radius 3 is 2.65 bits per heavy atom. The molecular formula is C19H18ClNOS. The van der Waals surface area contributed by atoms with Crippen molar-refractivity contribution in [1.29, 1.82) is 0 Å². The molecule has 0 radical (unpaired) electrons. The highest BCUT2D eigenvalue weighted by atomic mass is 35.5. The van der Waals surface area contributed by atoms with Crippen LogP contribution in [-0.2, 0) is 6.42 Å². The highest BCUT2D eigenvalue weighted by Gasteiger charge is 2.27. The third-order valence-corrected chi connectivity index (χ3v) is 5.99. The predicted octanol–water partition coefficient (Wildman–Crippen LogP) is 4.67. The molecule has 0 atom stereocenters. The van der Waals surface area contributed by atoms with Gasteiger partial charge in [0.2, 0.25) is 0 Å². The van der Waals surface area contributed by atoms with Crippen LogP contribution >= 0.6 is 22.9 Å². The van der Waals surface area contributed by atoms with E-state index in [9.17, 15) is 4.79 Å². The van der Waals surface area contributed by atoms with Crippen LogP contribution in [0.2, 0.25) is 5.02 Å². The van der Waals surface area contributed by atoms with Gasteiger partial charge in [0.15, 0.2) is 5.78 Å². The fourth-order valence-electron chi connectivity index (χ4n) is 3.57. The molecule has 0 bridgehead atoms. The van der Waals surface area contributed by atoms with E-state index in [1.807, 2.05) is 18.2 Å². The van der Waals surface area contributed by atoms with Crippen molar-refractivity contribution in [1.82, 2.24) is 4.90 Å². The minimum absolute atomic E-state index is 0.198. The number of nitrogens with zero attached hydrogens (tertiary/aromatic N) is 1. The van der Waals surface area contributed by atoms with Gasteiger partial charge in [-0.2, -0.15) is 0 Å². The molecule has 118 valence electrons. The number of carbonyl (C=O) groups excluding carboxylic acids is 1. The molecule has 4 heteroatoms. The quantitative estimate of drug-likeness (QED) is 0.693. The molecule has 1 aliphatic carbocycles. The molecule has 0 amide bonds. The van der Waals surface area contributed by atoms with Gasteiger partial charge in [0.1, 0.15) is 0 Å². The van der Waals surface area contributed by atoms with Crippen LogP contribution in [0.15, 0.2) is 35.2 Å². The van der Waals surface area contributed by atoms with Crippen molar-refractivity contribution >= 4 is 34.3 Å². The fourth-order valence-corrected chi connectivity index (χ4v) is 4.62. The molecule has 1 fully saturated rings. The van der Waals surface area contributed by atoms with Crippen LogP contribution < -0.4 is 0 Å². The monoisotopic (exact) mass is 343 g/mol. The highest BCUT2D eigenvalue weighted by molar-refractivity contribution is 7.10. The van der Waals surface area contributed by atoms with Gasteiger partial charge < -0.3 is 4.90 Å². The summed E-state index contributed by atoms with van der Waals surface area (Å²) < 4.78 is 0. The third kappa shape index (κ3) is 2.67. The number of halogens is 1. The molecule has 1 saturated heterocycles. The number of benzene rings is 1. The number of ketones is 1. The number of carbonyl (C=O) groups is 1. The lowest BCUT2D eigenvalue weighted by molar-refractivity contribution is 0.0994. The first-order valence-corrected chi connectivity index (χ1v) is 9.19. The van der Waals surface area contributed by atoms with Gasteiger partial charge in [-0.15, -0.1) is 11.3 Å². The van der Waals surface area contributed by atoms with E-state index in [4.69, 9.17) is 11.6 Å². The number of likely N-dealkylation sites (tertiary alicyclic amines) is 1. The summed E-state index contributed by atoms with van der Waals surface area (Å²) >= 11 is 7.95. The van der Waals surface area contributed by atoms with Gasteiger partial charge >= 0.3 is 0 Å². The van der Waals surface area contributed by atoms with E-state index in [1.165, 1.54) is 21.6 Å². The normalized spacial score (nSPS) is 18.6.